The van der Waals surface area contributed by atoms with Gasteiger partial charge < -0.3 is 25.3 Å². The van der Waals surface area contributed by atoms with Crippen LogP contribution in [0.5, 0.6) is 0 Å². The van der Waals surface area contributed by atoms with Gasteiger partial charge in [-0.15, -0.1) is 0 Å². The number of carbonyl (C=O) groups excluding carboxylic acids is 3. The van der Waals surface area contributed by atoms with Gasteiger partial charge in [-0.2, -0.15) is 0 Å². The van der Waals surface area contributed by atoms with E-state index < -0.39 is 5.41 Å². The van der Waals surface area contributed by atoms with E-state index in [1.807, 2.05) is 25.7 Å². The number of likely N-dealkylation sites (tertiary alicyclic amines) is 1. The molecule has 0 unspecified atom stereocenters. The Bertz CT molecular complexity index is 566. The molecule has 0 aromatic rings. The second-order valence-corrected chi connectivity index (χ2v) is 8.61. The lowest BCUT2D eigenvalue weighted by molar-refractivity contribution is -0.127. The maximum Gasteiger partial charge on any atom is 0.317 e. The number of carbonyl (C=O) groups is 3. The van der Waals surface area contributed by atoms with E-state index in [9.17, 15) is 14.4 Å². The highest BCUT2D eigenvalue weighted by Gasteiger charge is 2.47. The standard InChI is InChI=1S/C19H35N5O3/c1-6-22-11-19(9-16(22)25)12-23(17(26)20-10-14(2)3)7-8-24(13-19)18(27)21-15(4)5/h14-15H,6-13H2,1-5H3,(H,20,26)(H,21,27)/t19-/m1/s1. The Morgan fingerprint density at radius 2 is 1.63 bits per heavy atom. The zero-order valence-electron chi connectivity index (χ0n) is 17.4. The van der Waals surface area contributed by atoms with E-state index in [1.165, 1.54) is 0 Å². The summed E-state index contributed by atoms with van der Waals surface area (Å²) >= 11 is 0. The van der Waals surface area contributed by atoms with Crippen molar-refractivity contribution in [2.45, 2.75) is 47.1 Å². The van der Waals surface area contributed by atoms with E-state index in [0.29, 0.717) is 58.2 Å². The number of nitrogens with one attached hydrogen (secondary N) is 2. The number of amides is 5. The minimum atomic E-state index is -0.410. The first-order chi connectivity index (χ1) is 12.7. The van der Waals surface area contributed by atoms with Crippen molar-refractivity contribution in [3.05, 3.63) is 0 Å². The molecule has 1 atom stereocenters. The molecule has 0 aromatic carbocycles. The lowest BCUT2D eigenvalue weighted by Crippen LogP contribution is -2.49. The fourth-order valence-corrected chi connectivity index (χ4v) is 3.83. The molecule has 5 amide bonds. The van der Waals surface area contributed by atoms with E-state index >= 15 is 0 Å². The van der Waals surface area contributed by atoms with E-state index in [4.69, 9.17) is 0 Å². The summed E-state index contributed by atoms with van der Waals surface area (Å²) in [5.74, 6) is 0.470. The smallest absolute Gasteiger partial charge is 0.317 e. The van der Waals surface area contributed by atoms with Crippen molar-refractivity contribution in [2.75, 3.05) is 45.8 Å². The van der Waals surface area contributed by atoms with Crippen LogP contribution in [0.25, 0.3) is 0 Å². The average molecular weight is 382 g/mol. The predicted octanol–water partition coefficient (Wildman–Crippen LogP) is 1.33. The Kier molecular flexibility index (Phi) is 6.95. The van der Waals surface area contributed by atoms with Crippen LogP contribution in [0.4, 0.5) is 9.59 Å². The SMILES string of the molecule is CCN1C[C@]2(CC1=O)CN(C(=O)NCC(C)C)CCN(C(=O)NC(C)C)C2. The molecule has 27 heavy (non-hydrogen) atoms. The zero-order chi connectivity index (χ0) is 20.2. The fraction of sp³-hybridized carbons (Fsp3) is 0.842. The van der Waals surface area contributed by atoms with Crippen LogP contribution in [-0.2, 0) is 4.79 Å². The molecule has 2 aliphatic rings. The van der Waals surface area contributed by atoms with Crippen molar-refractivity contribution in [1.82, 2.24) is 25.3 Å². The van der Waals surface area contributed by atoms with E-state index in [1.54, 1.807) is 9.80 Å². The van der Waals surface area contributed by atoms with Crippen LogP contribution >= 0.6 is 0 Å². The minimum Gasteiger partial charge on any atom is -0.342 e. The molecule has 0 aliphatic carbocycles. The highest BCUT2D eigenvalue weighted by atomic mass is 16.2. The molecule has 2 rings (SSSR count). The third-order valence-corrected chi connectivity index (χ3v) is 5.13. The van der Waals surface area contributed by atoms with Crippen LogP contribution in [0.3, 0.4) is 0 Å². The van der Waals surface area contributed by atoms with Crippen LogP contribution in [0.15, 0.2) is 0 Å². The number of nitrogens with zero attached hydrogens (tertiary/aromatic N) is 3. The summed E-state index contributed by atoms with van der Waals surface area (Å²) in [6.07, 6.45) is 0.375. The van der Waals surface area contributed by atoms with E-state index in [0.717, 1.165) is 0 Å². The van der Waals surface area contributed by atoms with Crippen molar-refractivity contribution in [2.24, 2.45) is 11.3 Å². The normalized spacial score (nSPS) is 23.4. The van der Waals surface area contributed by atoms with Gasteiger partial charge in [-0.25, -0.2) is 9.59 Å². The molecule has 8 nitrogen and oxygen atoms in total. The molecule has 0 saturated carbocycles. The maximum absolute atomic E-state index is 12.7. The minimum absolute atomic E-state index is 0.0412. The Balaban J connectivity index is 2.19. The molecule has 0 radical (unpaired) electrons. The predicted molar refractivity (Wildman–Crippen MR) is 104 cm³/mol. The number of urea groups is 2. The molecule has 2 heterocycles. The van der Waals surface area contributed by atoms with Gasteiger partial charge in [0.1, 0.15) is 0 Å². The van der Waals surface area contributed by atoms with Crippen molar-refractivity contribution >= 4 is 18.0 Å². The van der Waals surface area contributed by atoms with Gasteiger partial charge in [-0.05, 0) is 26.7 Å². The van der Waals surface area contributed by atoms with Gasteiger partial charge in [0.25, 0.3) is 0 Å². The highest BCUT2D eigenvalue weighted by Crippen LogP contribution is 2.35. The molecular formula is C19H35N5O3. The monoisotopic (exact) mass is 381 g/mol. The number of rotatable bonds is 4. The van der Waals surface area contributed by atoms with Gasteiger partial charge in [0.15, 0.2) is 0 Å². The van der Waals surface area contributed by atoms with Gasteiger partial charge in [-0.1, -0.05) is 13.8 Å². The topological polar surface area (TPSA) is 85.0 Å². The Morgan fingerprint density at radius 1 is 1.04 bits per heavy atom. The molecular weight excluding hydrogens is 346 g/mol. The molecule has 2 fully saturated rings. The van der Waals surface area contributed by atoms with Crippen molar-refractivity contribution in [3.8, 4) is 0 Å². The van der Waals surface area contributed by atoms with Crippen LogP contribution in [-0.4, -0.2) is 84.5 Å². The van der Waals surface area contributed by atoms with Crippen LogP contribution in [0, 0.1) is 11.3 Å². The third kappa shape index (κ3) is 5.49. The molecule has 0 bridgehead atoms. The molecule has 8 heteroatoms. The summed E-state index contributed by atoms with van der Waals surface area (Å²) in [5, 5.41) is 5.90. The van der Waals surface area contributed by atoms with E-state index in [2.05, 4.69) is 24.5 Å². The zero-order valence-corrected chi connectivity index (χ0v) is 17.4. The first kappa shape index (κ1) is 21.3. The lowest BCUT2D eigenvalue weighted by Gasteiger charge is -2.34. The fourth-order valence-electron chi connectivity index (χ4n) is 3.83. The summed E-state index contributed by atoms with van der Waals surface area (Å²) in [6, 6.07) is -0.202. The summed E-state index contributed by atoms with van der Waals surface area (Å²) < 4.78 is 0. The lowest BCUT2D eigenvalue weighted by atomic mass is 9.86. The van der Waals surface area contributed by atoms with Crippen LogP contribution < -0.4 is 10.6 Å². The van der Waals surface area contributed by atoms with Gasteiger partial charge in [-0.3, -0.25) is 4.79 Å². The van der Waals surface area contributed by atoms with Crippen LogP contribution in [0.2, 0.25) is 0 Å². The molecule has 0 aromatic heterocycles. The second kappa shape index (κ2) is 8.80. The average Bonchev–Trinajstić information content (AvgIpc) is 2.77. The first-order valence-electron chi connectivity index (χ1n) is 10.0. The third-order valence-electron chi connectivity index (χ3n) is 5.13. The molecule has 154 valence electrons. The Morgan fingerprint density at radius 3 is 2.11 bits per heavy atom. The van der Waals surface area contributed by atoms with Gasteiger partial charge >= 0.3 is 12.1 Å². The Hall–Kier alpha value is -1.99. The van der Waals surface area contributed by atoms with Crippen molar-refractivity contribution in [1.29, 1.82) is 0 Å². The molecule has 2 aliphatic heterocycles. The number of hydrogen-bond acceptors (Lipinski definition) is 3. The summed E-state index contributed by atoms with van der Waals surface area (Å²) in [7, 11) is 0. The van der Waals surface area contributed by atoms with Crippen LogP contribution in [0.1, 0.15) is 41.0 Å². The van der Waals surface area contributed by atoms with Gasteiger partial charge in [0.2, 0.25) is 5.91 Å². The van der Waals surface area contributed by atoms with Gasteiger partial charge in [0, 0.05) is 63.7 Å². The molecule has 2 saturated heterocycles. The quantitative estimate of drug-likeness (QED) is 0.770. The number of hydrogen-bond donors (Lipinski definition) is 2. The maximum atomic E-state index is 12.7. The summed E-state index contributed by atoms with van der Waals surface area (Å²) in [6.45, 7) is 13.7. The van der Waals surface area contributed by atoms with E-state index in [-0.39, 0.29) is 24.0 Å². The largest absolute Gasteiger partial charge is 0.342 e. The first-order valence-corrected chi connectivity index (χ1v) is 10.0. The summed E-state index contributed by atoms with van der Waals surface area (Å²) in [5.41, 5.74) is -0.410. The van der Waals surface area contributed by atoms with Gasteiger partial charge in [0.05, 0.1) is 0 Å². The molecule has 1 spiro atoms. The van der Waals surface area contributed by atoms with Crippen molar-refractivity contribution in [3.63, 3.8) is 0 Å². The second-order valence-electron chi connectivity index (χ2n) is 8.61. The Labute approximate surface area is 162 Å². The molecule has 2 N–H and O–H groups in total. The summed E-state index contributed by atoms with van der Waals surface area (Å²) in [4.78, 5) is 43.1. The van der Waals surface area contributed by atoms with Crippen molar-refractivity contribution < 1.29 is 14.4 Å². The highest BCUT2D eigenvalue weighted by molar-refractivity contribution is 5.81.